The van der Waals surface area contributed by atoms with Crippen molar-refractivity contribution in [2.75, 3.05) is 20.2 Å². The highest BCUT2D eigenvalue weighted by Crippen LogP contribution is 2.29. The lowest BCUT2D eigenvalue weighted by Gasteiger charge is -2.32. The number of hydrogen-bond acceptors (Lipinski definition) is 4. The van der Waals surface area contributed by atoms with Crippen LogP contribution >= 0.6 is 0 Å². The van der Waals surface area contributed by atoms with Crippen LogP contribution in [0.1, 0.15) is 28.8 Å². The highest BCUT2D eigenvalue weighted by atomic mass is 32.2. The summed E-state index contributed by atoms with van der Waals surface area (Å²) in [5, 5.41) is 0. The molecule has 0 aromatic heterocycles. The van der Waals surface area contributed by atoms with E-state index in [1.54, 1.807) is 12.1 Å². The van der Waals surface area contributed by atoms with E-state index in [4.69, 9.17) is 4.74 Å². The summed E-state index contributed by atoms with van der Waals surface area (Å²) in [6, 6.07) is 9.74. The van der Waals surface area contributed by atoms with Crippen molar-refractivity contribution in [1.29, 1.82) is 0 Å². The molecule has 162 valence electrons. The van der Waals surface area contributed by atoms with E-state index < -0.39 is 21.8 Å². The van der Waals surface area contributed by atoms with Crippen molar-refractivity contribution in [3.8, 4) is 5.75 Å². The molecule has 1 aliphatic rings. The summed E-state index contributed by atoms with van der Waals surface area (Å²) >= 11 is 0. The van der Waals surface area contributed by atoms with Crippen molar-refractivity contribution in [2.24, 2.45) is 0 Å². The van der Waals surface area contributed by atoms with Crippen LogP contribution in [0.15, 0.2) is 53.4 Å². The molecule has 2 aromatic rings. The van der Waals surface area contributed by atoms with Gasteiger partial charge in [-0.3, -0.25) is 4.79 Å². The third kappa shape index (κ3) is 5.11. The topological polar surface area (TPSA) is 75.7 Å². The minimum Gasteiger partial charge on any atom is -0.497 e. The van der Waals surface area contributed by atoms with Crippen LogP contribution in [0, 0.1) is 0 Å². The van der Waals surface area contributed by atoms with E-state index >= 15 is 0 Å². The number of nitrogens with one attached hydrogen (secondary N) is 1. The van der Waals surface area contributed by atoms with E-state index in [9.17, 15) is 26.4 Å². The summed E-state index contributed by atoms with van der Waals surface area (Å²) < 4.78 is 70.7. The van der Waals surface area contributed by atoms with Crippen molar-refractivity contribution in [1.82, 2.24) is 9.62 Å². The summed E-state index contributed by atoms with van der Waals surface area (Å²) in [7, 11) is -2.22. The average Bonchev–Trinajstić information content (AvgIpc) is 2.73. The Balaban J connectivity index is 1.58. The summed E-state index contributed by atoms with van der Waals surface area (Å²) in [6.45, 7) is 0.602. The normalized spacial score (nSPS) is 15.8. The second-order valence-electron chi connectivity index (χ2n) is 6.94. The molecular formula is C20H21F3N2O4S. The molecule has 2 aromatic carbocycles. The zero-order valence-corrected chi connectivity index (χ0v) is 17.0. The Morgan fingerprint density at radius 3 is 2.10 bits per heavy atom. The molecule has 0 aliphatic carbocycles. The number of benzene rings is 2. The highest BCUT2D eigenvalue weighted by molar-refractivity contribution is 7.89. The monoisotopic (exact) mass is 442 g/mol. The largest absolute Gasteiger partial charge is 0.497 e. The number of ether oxygens (including phenoxy) is 1. The van der Waals surface area contributed by atoms with Gasteiger partial charge in [0.2, 0.25) is 10.0 Å². The number of likely N-dealkylation sites (tertiary alicyclic amines) is 1. The fraction of sp³-hybridized carbons (Fsp3) is 0.350. The van der Waals surface area contributed by atoms with E-state index in [-0.39, 0.29) is 22.4 Å². The van der Waals surface area contributed by atoms with Gasteiger partial charge < -0.3 is 9.64 Å². The SMILES string of the molecule is COc1ccc(S(=O)(=O)NC2CCN(C(=O)c3ccc(C(F)(F)F)cc3)CC2)cc1. The Bertz CT molecular complexity index is 982. The van der Waals surface area contributed by atoms with Crippen molar-refractivity contribution in [3.63, 3.8) is 0 Å². The number of carbonyl (C=O) groups is 1. The van der Waals surface area contributed by atoms with Crippen LogP contribution in [-0.2, 0) is 16.2 Å². The lowest BCUT2D eigenvalue weighted by molar-refractivity contribution is -0.137. The first-order valence-corrected chi connectivity index (χ1v) is 10.7. The molecule has 1 fully saturated rings. The maximum atomic E-state index is 12.7. The molecule has 0 unspecified atom stereocenters. The summed E-state index contributed by atoms with van der Waals surface area (Å²) in [5.74, 6) is 0.171. The van der Waals surface area contributed by atoms with Gasteiger partial charge in [0.1, 0.15) is 5.75 Å². The van der Waals surface area contributed by atoms with E-state index in [1.165, 1.54) is 24.1 Å². The summed E-state index contributed by atoms with van der Waals surface area (Å²) in [5.41, 5.74) is -0.647. The smallest absolute Gasteiger partial charge is 0.416 e. The summed E-state index contributed by atoms with van der Waals surface area (Å²) in [4.78, 5) is 14.2. The number of methoxy groups -OCH3 is 1. The van der Waals surface area contributed by atoms with Crippen LogP contribution < -0.4 is 9.46 Å². The number of carbonyl (C=O) groups excluding carboxylic acids is 1. The van der Waals surface area contributed by atoms with Gasteiger partial charge in [0.05, 0.1) is 17.6 Å². The molecule has 1 saturated heterocycles. The molecule has 0 radical (unpaired) electrons. The van der Waals surface area contributed by atoms with Gasteiger partial charge in [-0.2, -0.15) is 13.2 Å². The van der Waals surface area contributed by atoms with E-state index in [0.717, 1.165) is 24.3 Å². The number of rotatable bonds is 5. The van der Waals surface area contributed by atoms with Crippen molar-refractivity contribution in [2.45, 2.75) is 30.0 Å². The van der Waals surface area contributed by atoms with Crippen molar-refractivity contribution in [3.05, 3.63) is 59.7 Å². The first kappa shape index (κ1) is 22.1. The van der Waals surface area contributed by atoms with Gasteiger partial charge in [0.25, 0.3) is 5.91 Å². The molecule has 0 atom stereocenters. The van der Waals surface area contributed by atoms with Crippen LogP contribution in [0.2, 0.25) is 0 Å². The number of nitrogens with zero attached hydrogens (tertiary/aromatic N) is 1. The Labute approximate surface area is 172 Å². The second kappa shape index (κ2) is 8.65. The number of alkyl halides is 3. The molecule has 6 nitrogen and oxygen atoms in total. The molecule has 0 spiro atoms. The lowest BCUT2D eigenvalue weighted by Crippen LogP contribution is -2.46. The average molecular weight is 442 g/mol. The fourth-order valence-corrected chi connectivity index (χ4v) is 4.53. The number of piperidine rings is 1. The number of halogens is 3. The van der Waals surface area contributed by atoms with Gasteiger partial charge >= 0.3 is 6.18 Å². The Hall–Kier alpha value is -2.59. The molecule has 1 N–H and O–H groups in total. The zero-order valence-electron chi connectivity index (χ0n) is 16.1. The third-order valence-corrected chi connectivity index (χ3v) is 6.47. The number of hydrogen-bond donors (Lipinski definition) is 1. The molecule has 0 saturated carbocycles. The molecule has 1 heterocycles. The molecule has 0 bridgehead atoms. The number of amides is 1. The van der Waals surface area contributed by atoms with Gasteiger partial charge in [-0.15, -0.1) is 0 Å². The maximum Gasteiger partial charge on any atom is 0.416 e. The molecule has 30 heavy (non-hydrogen) atoms. The van der Waals surface area contributed by atoms with Gasteiger partial charge in [-0.1, -0.05) is 0 Å². The van der Waals surface area contributed by atoms with Gasteiger partial charge in [-0.25, -0.2) is 13.1 Å². The van der Waals surface area contributed by atoms with Gasteiger partial charge in [0.15, 0.2) is 0 Å². The van der Waals surface area contributed by atoms with E-state index in [0.29, 0.717) is 31.7 Å². The Morgan fingerprint density at radius 2 is 1.60 bits per heavy atom. The van der Waals surface area contributed by atoms with Gasteiger partial charge in [-0.05, 0) is 61.4 Å². The molecule has 1 aliphatic heterocycles. The zero-order chi connectivity index (χ0) is 21.9. The van der Waals surface area contributed by atoms with Crippen molar-refractivity contribution < 1.29 is 31.1 Å². The minimum atomic E-state index is -4.46. The predicted octanol–water partition coefficient (Wildman–Crippen LogP) is 3.30. The van der Waals surface area contributed by atoms with Crippen LogP contribution in [0.4, 0.5) is 13.2 Å². The van der Waals surface area contributed by atoms with E-state index in [1.807, 2.05) is 0 Å². The Morgan fingerprint density at radius 1 is 1.03 bits per heavy atom. The molecule has 10 heteroatoms. The first-order valence-electron chi connectivity index (χ1n) is 9.23. The van der Waals surface area contributed by atoms with Crippen LogP contribution in [0.3, 0.4) is 0 Å². The first-order chi connectivity index (χ1) is 14.1. The standard InChI is InChI=1S/C20H21F3N2O4S/c1-29-17-6-8-18(9-7-17)30(27,28)24-16-10-12-25(13-11-16)19(26)14-2-4-15(5-3-14)20(21,22)23/h2-9,16,24H,10-13H2,1H3. The highest BCUT2D eigenvalue weighted by Gasteiger charge is 2.31. The summed E-state index contributed by atoms with van der Waals surface area (Å²) in [6.07, 6.45) is -3.65. The Kier molecular flexibility index (Phi) is 6.37. The molecule has 1 amide bonds. The maximum absolute atomic E-state index is 12.7. The number of sulfonamides is 1. The van der Waals surface area contributed by atoms with Crippen LogP contribution in [0.5, 0.6) is 5.75 Å². The van der Waals surface area contributed by atoms with Crippen molar-refractivity contribution >= 4 is 15.9 Å². The molecule has 3 rings (SSSR count). The van der Waals surface area contributed by atoms with E-state index in [2.05, 4.69) is 4.72 Å². The van der Waals surface area contributed by atoms with Crippen LogP contribution in [0.25, 0.3) is 0 Å². The van der Waals surface area contributed by atoms with Crippen LogP contribution in [-0.4, -0.2) is 45.5 Å². The second-order valence-corrected chi connectivity index (χ2v) is 8.65. The quantitative estimate of drug-likeness (QED) is 0.771. The van der Waals surface area contributed by atoms with Gasteiger partial charge in [0, 0.05) is 24.7 Å². The fourth-order valence-electron chi connectivity index (χ4n) is 3.23. The lowest BCUT2D eigenvalue weighted by atomic mass is 10.0. The third-order valence-electron chi connectivity index (χ3n) is 4.93. The minimum absolute atomic E-state index is 0.117. The predicted molar refractivity (Wildman–Crippen MR) is 104 cm³/mol. The molecular weight excluding hydrogens is 421 g/mol.